The van der Waals surface area contributed by atoms with Crippen molar-refractivity contribution >= 4 is 33.7 Å². The van der Waals surface area contributed by atoms with E-state index in [9.17, 15) is 9.59 Å². The Hall–Kier alpha value is -4.00. The molecule has 2 saturated carbocycles. The first-order chi connectivity index (χ1) is 26.0. The lowest BCUT2D eigenvalue weighted by molar-refractivity contribution is -0.284. The summed E-state index contributed by atoms with van der Waals surface area (Å²) in [5, 5.41) is 6.12. The fourth-order valence-electron chi connectivity index (χ4n) is 10.6. The van der Waals surface area contributed by atoms with Crippen LogP contribution in [0.1, 0.15) is 74.6 Å². The Morgan fingerprint density at radius 2 is 1.53 bits per heavy atom. The van der Waals surface area contributed by atoms with Gasteiger partial charge in [0.05, 0.1) is 37.4 Å². The van der Waals surface area contributed by atoms with E-state index in [1.807, 2.05) is 41.6 Å². The fraction of sp³-hybridized carbons (Fsp3) is 0.524. The van der Waals surface area contributed by atoms with E-state index in [0.717, 1.165) is 86.9 Å². The van der Waals surface area contributed by atoms with Gasteiger partial charge in [-0.05, 0) is 85.8 Å². The number of amides is 3. The van der Waals surface area contributed by atoms with Crippen LogP contribution < -0.4 is 5.32 Å². The number of urea groups is 1. The topological polar surface area (TPSA) is 109 Å². The van der Waals surface area contributed by atoms with Gasteiger partial charge in [-0.15, -0.1) is 0 Å². The number of nitrogens with zero attached hydrogens (tertiary/aromatic N) is 5. The van der Waals surface area contributed by atoms with E-state index in [2.05, 4.69) is 56.6 Å². The number of carbonyl (C=O) groups excluding carboxylic acids is 2. The average Bonchev–Trinajstić information content (AvgIpc) is 3.99. The minimum absolute atomic E-state index is 0.0320. The highest BCUT2D eigenvalue weighted by atomic mass is 17.2. The summed E-state index contributed by atoms with van der Waals surface area (Å²) in [7, 11) is 1.58. The van der Waals surface area contributed by atoms with E-state index in [0.29, 0.717) is 25.1 Å². The lowest BCUT2D eigenvalue weighted by Crippen LogP contribution is -2.48. The van der Waals surface area contributed by atoms with Crippen molar-refractivity contribution in [2.45, 2.75) is 74.5 Å². The largest absolute Gasteiger partial charge is 0.379 e. The highest BCUT2D eigenvalue weighted by Crippen LogP contribution is 2.58. The first-order valence-corrected chi connectivity index (χ1v) is 19.6. The molecule has 6 aliphatic rings. The zero-order valence-corrected chi connectivity index (χ0v) is 30.6. The van der Waals surface area contributed by atoms with Gasteiger partial charge in [-0.25, -0.2) is 14.6 Å². The smallest absolute Gasteiger partial charge is 0.328 e. The molecule has 3 amide bonds. The Bertz CT molecular complexity index is 1990. The summed E-state index contributed by atoms with van der Waals surface area (Å²) in [5.74, 6) is 0.942. The second-order valence-corrected chi connectivity index (χ2v) is 15.9. The van der Waals surface area contributed by atoms with Gasteiger partial charge in [-0.3, -0.25) is 24.6 Å². The highest BCUT2D eigenvalue weighted by molar-refractivity contribution is 6.08. The molecule has 4 aromatic rings. The van der Waals surface area contributed by atoms with E-state index >= 15 is 0 Å². The van der Waals surface area contributed by atoms with E-state index in [1.165, 1.54) is 35.1 Å². The molecule has 6 heterocycles. The van der Waals surface area contributed by atoms with E-state index in [-0.39, 0.29) is 29.4 Å². The third kappa shape index (κ3) is 6.10. The van der Waals surface area contributed by atoms with Crippen molar-refractivity contribution in [2.75, 3.05) is 53.1 Å². The summed E-state index contributed by atoms with van der Waals surface area (Å²) in [6.45, 7) is 4.97. The van der Waals surface area contributed by atoms with Crippen molar-refractivity contribution < 1.29 is 24.1 Å². The maximum atomic E-state index is 13.7. The Balaban J connectivity index is 0.000000149. The molecular formula is C42H50N6O5. The number of para-hydroxylation sites is 2. The summed E-state index contributed by atoms with van der Waals surface area (Å²) in [6, 6.07) is 20.9. The van der Waals surface area contributed by atoms with E-state index in [4.69, 9.17) is 14.5 Å². The lowest BCUT2D eigenvalue weighted by Gasteiger charge is -2.31. The van der Waals surface area contributed by atoms with Crippen molar-refractivity contribution in [2.24, 2.45) is 11.8 Å². The first-order valence-electron chi connectivity index (χ1n) is 19.6. The molecule has 11 nitrogen and oxygen atoms in total. The SMILES string of the molecule is COOC[C@]12CCC[C@H]1C[C@H](c1cnc3ccccc3c1)N2.O=C1N(CCN2CCOCC2)C(=O)[C@]23CCC[C@H]2C[C@H](c2cnc4ccccc4c2)N13. The maximum absolute atomic E-state index is 13.7. The molecule has 278 valence electrons. The Morgan fingerprint density at radius 3 is 2.28 bits per heavy atom. The molecule has 6 atom stereocenters. The number of nitrogens with one attached hydrogen (secondary N) is 1. The molecule has 2 aliphatic carbocycles. The highest BCUT2D eigenvalue weighted by Gasteiger charge is 2.68. The van der Waals surface area contributed by atoms with Gasteiger partial charge in [0.1, 0.15) is 12.1 Å². The van der Waals surface area contributed by atoms with Crippen LogP contribution in [0, 0.1) is 11.8 Å². The molecule has 4 saturated heterocycles. The molecule has 0 radical (unpaired) electrons. The Kier molecular flexibility index (Phi) is 9.40. The molecule has 2 aromatic carbocycles. The van der Waals surface area contributed by atoms with Crippen LogP contribution >= 0.6 is 0 Å². The van der Waals surface area contributed by atoms with Gasteiger partial charge in [0.25, 0.3) is 5.91 Å². The molecule has 53 heavy (non-hydrogen) atoms. The monoisotopic (exact) mass is 718 g/mol. The minimum atomic E-state index is -0.640. The van der Waals surface area contributed by atoms with Crippen LogP contribution in [0.3, 0.4) is 0 Å². The van der Waals surface area contributed by atoms with Crippen molar-refractivity contribution in [3.63, 3.8) is 0 Å². The molecule has 6 fully saturated rings. The van der Waals surface area contributed by atoms with Crippen LogP contribution in [0.5, 0.6) is 0 Å². The maximum Gasteiger partial charge on any atom is 0.328 e. The number of imide groups is 1. The minimum Gasteiger partial charge on any atom is -0.379 e. The molecule has 1 spiro atoms. The van der Waals surface area contributed by atoms with Gasteiger partial charge in [0.15, 0.2) is 0 Å². The zero-order valence-electron chi connectivity index (χ0n) is 30.6. The standard InChI is InChI=1S/C24H28N4O3.C18H22N2O2/c29-22-24-7-3-5-19(24)15-21(18-14-17-4-1-2-6-20(17)25-16-18)28(24)23(30)27(22)9-8-26-10-12-31-13-11-26;1-21-22-12-18-8-4-6-15(18)10-17(20-18)14-9-13-5-2-3-7-16(13)19-11-14/h1-2,4,6,14,16,19,21H,3,5,7-13,15H2;2-3,5,7,9,11,15,17,20H,4,6,8,10,12H2,1H3/t19-,21+,24-;15-,17+,18+/m00/s1. The average molecular weight is 719 g/mol. The van der Waals surface area contributed by atoms with Crippen molar-refractivity contribution in [3.05, 3.63) is 84.2 Å². The number of morpholine rings is 1. The van der Waals surface area contributed by atoms with E-state index in [1.54, 1.807) is 7.11 Å². The number of pyridine rings is 2. The number of hydrogen-bond acceptors (Lipinski definition) is 9. The first kappa shape index (κ1) is 34.7. The van der Waals surface area contributed by atoms with Crippen LogP contribution in [-0.2, 0) is 19.3 Å². The Morgan fingerprint density at radius 1 is 0.849 bits per heavy atom. The molecule has 10 rings (SSSR count). The van der Waals surface area contributed by atoms with Gasteiger partial charge < -0.3 is 15.0 Å². The van der Waals surface area contributed by atoms with Gasteiger partial charge in [-0.1, -0.05) is 49.2 Å². The number of benzene rings is 2. The van der Waals surface area contributed by atoms with Crippen LogP contribution in [0.2, 0.25) is 0 Å². The predicted molar refractivity (Wildman–Crippen MR) is 201 cm³/mol. The molecule has 2 aromatic heterocycles. The number of hydrogen-bond donors (Lipinski definition) is 1. The molecule has 11 heteroatoms. The van der Waals surface area contributed by atoms with Crippen LogP contribution in [0.15, 0.2) is 73.1 Å². The molecule has 0 bridgehead atoms. The number of rotatable bonds is 8. The zero-order chi connectivity index (χ0) is 36.0. The van der Waals surface area contributed by atoms with Gasteiger partial charge in [0.2, 0.25) is 0 Å². The summed E-state index contributed by atoms with van der Waals surface area (Å²) >= 11 is 0. The van der Waals surface area contributed by atoms with Gasteiger partial charge in [-0.2, -0.15) is 0 Å². The molecule has 0 unspecified atom stereocenters. The number of ether oxygens (including phenoxy) is 1. The summed E-state index contributed by atoms with van der Waals surface area (Å²) < 4.78 is 5.42. The number of carbonyl (C=O) groups is 2. The third-order valence-corrected chi connectivity index (χ3v) is 13.2. The fourth-order valence-corrected chi connectivity index (χ4v) is 10.6. The molecular weight excluding hydrogens is 668 g/mol. The molecule has 4 aliphatic heterocycles. The third-order valence-electron chi connectivity index (χ3n) is 13.2. The van der Waals surface area contributed by atoms with Crippen LogP contribution in [0.25, 0.3) is 21.8 Å². The quantitative estimate of drug-likeness (QED) is 0.129. The summed E-state index contributed by atoms with van der Waals surface area (Å²) in [6.07, 6.45) is 12.5. The lowest BCUT2D eigenvalue weighted by atomic mass is 9.87. The normalized spacial score (nSPS) is 30.9. The molecule has 1 N–H and O–H groups in total. The number of fused-ring (bicyclic) bond motifs is 3. The Labute approximate surface area is 310 Å². The second-order valence-electron chi connectivity index (χ2n) is 15.9. The van der Waals surface area contributed by atoms with Crippen molar-refractivity contribution in [1.82, 2.24) is 30.0 Å². The van der Waals surface area contributed by atoms with Crippen molar-refractivity contribution in [3.8, 4) is 0 Å². The van der Waals surface area contributed by atoms with Gasteiger partial charge in [0, 0.05) is 60.9 Å². The van der Waals surface area contributed by atoms with Crippen molar-refractivity contribution in [1.29, 1.82) is 0 Å². The summed E-state index contributed by atoms with van der Waals surface area (Å²) in [4.78, 5) is 52.4. The van der Waals surface area contributed by atoms with E-state index < -0.39 is 5.54 Å². The second kappa shape index (κ2) is 14.3. The van der Waals surface area contributed by atoms with Crippen LogP contribution in [0.4, 0.5) is 4.79 Å². The van der Waals surface area contributed by atoms with Gasteiger partial charge >= 0.3 is 6.03 Å². The predicted octanol–water partition coefficient (Wildman–Crippen LogP) is 6.20. The summed E-state index contributed by atoms with van der Waals surface area (Å²) in [5.41, 5.74) is 3.77. The van der Waals surface area contributed by atoms with Crippen LogP contribution in [-0.4, -0.2) is 101 Å². The number of aromatic nitrogens is 2.